The Morgan fingerprint density at radius 1 is 1.18 bits per heavy atom. The highest BCUT2D eigenvalue weighted by atomic mass is 16.5. The van der Waals surface area contributed by atoms with Gasteiger partial charge in [-0.05, 0) is 25.1 Å². The fourth-order valence-electron chi connectivity index (χ4n) is 1.34. The van der Waals surface area contributed by atoms with Gasteiger partial charge in [-0.15, -0.1) is 0 Å². The van der Waals surface area contributed by atoms with Gasteiger partial charge in [0.15, 0.2) is 11.5 Å². The monoisotopic (exact) mass is 231 g/mol. The molecule has 0 aliphatic heterocycles. The zero-order valence-electron chi connectivity index (χ0n) is 9.68. The highest BCUT2D eigenvalue weighted by Gasteiger charge is 2.07. The van der Waals surface area contributed by atoms with Crippen LogP contribution in [0.15, 0.2) is 30.5 Å². The first-order chi connectivity index (χ1) is 8.19. The van der Waals surface area contributed by atoms with Crippen molar-refractivity contribution in [1.29, 1.82) is 0 Å². The van der Waals surface area contributed by atoms with Crippen molar-refractivity contribution in [2.45, 2.75) is 6.92 Å². The maximum Gasteiger partial charge on any atom is 0.322 e. The van der Waals surface area contributed by atoms with E-state index in [0.717, 1.165) is 5.69 Å². The lowest BCUT2D eigenvalue weighted by atomic mass is 10.3. The Bertz CT molecular complexity index is 529. The first kappa shape index (κ1) is 11.2. The topological polar surface area (TPSA) is 70.3 Å². The maximum atomic E-state index is 5.65. The van der Waals surface area contributed by atoms with Gasteiger partial charge in [0.1, 0.15) is 0 Å². The van der Waals surface area contributed by atoms with E-state index in [1.807, 2.05) is 6.92 Å². The molecule has 0 aliphatic rings. The summed E-state index contributed by atoms with van der Waals surface area (Å²) in [5.41, 5.74) is 7.10. The van der Waals surface area contributed by atoms with E-state index >= 15 is 0 Å². The molecule has 2 rings (SSSR count). The molecule has 0 bridgehead atoms. The van der Waals surface area contributed by atoms with Crippen LogP contribution in [-0.2, 0) is 0 Å². The van der Waals surface area contributed by atoms with Crippen LogP contribution in [0, 0.1) is 6.92 Å². The molecule has 0 aliphatic carbocycles. The van der Waals surface area contributed by atoms with E-state index in [-0.39, 0.29) is 6.01 Å². The fraction of sp³-hybridized carbons (Fsp3) is 0.167. The van der Waals surface area contributed by atoms with E-state index in [2.05, 4.69) is 9.97 Å². The number of anilines is 1. The van der Waals surface area contributed by atoms with Crippen LogP contribution < -0.4 is 15.2 Å². The van der Waals surface area contributed by atoms with Crippen LogP contribution in [0.5, 0.6) is 17.5 Å². The number of methoxy groups -OCH3 is 1. The van der Waals surface area contributed by atoms with E-state index < -0.39 is 0 Å². The number of benzene rings is 1. The molecular formula is C12H13N3O2. The average molecular weight is 231 g/mol. The second kappa shape index (κ2) is 4.69. The molecule has 2 aromatic rings. The van der Waals surface area contributed by atoms with Crippen molar-refractivity contribution >= 4 is 5.69 Å². The minimum atomic E-state index is 0.285. The largest absolute Gasteiger partial charge is 0.493 e. The number of aromatic nitrogens is 2. The molecule has 5 nitrogen and oxygen atoms in total. The maximum absolute atomic E-state index is 5.65. The molecule has 0 unspecified atom stereocenters. The molecule has 2 N–H and O–H groups in total. The number of nitrogens with zero attached hydrogens (tertiary/aromatic N) is 2. The van der Waals surface area contributed by atoms with Gasteiger partial charge in [-0.2, -0.15) is 0 Å². The Labute approximate surface area is 99.2 Å². The molecule has 0 saturated heterocycles. The van der Waals surface area contributed by atoms with Crippen LogP contribution >= 0.6 is 0 Å². The van der Waals surface area contributed by atoms with Gasteiger partial charge in [0, 0.05) is 23.6 Å². The molecule has 0 fully saturated rings. The fourth-order valence-corrected chi connectivity index (χ4v) is 1.34. The van der Waals surface area contributed by atoms with E-state index in [1.165, 1.54) is 0 Å². The number of hydrogen-bond acceptors (Lipinski definition) is 5. The average Bonchev–Trinajstić information content (AvgIpc) is 2.31. The molecule has 1 aromatic carbocycles. The summed E-state index contributed by atoms with van der Waals surface area (Å²) in [6.07, 6.45) is 1.64. The summed E-state index contributed by atoms with van der Waals surface area (Å²) >= 11 is 0. The quantitative estimate of drug-likeness (QED) is 0.820. The van der Waals surface area contributed by atoms with Crippen molar-refractivity contribution in [2.24, 2.45) is 0 Å². The second-order valence-electron chi connectivity index (χ2n) is 3.49. The number of hydrogen-bond donors (Lipinski definition) is 1. The Morgan fingerprint density at radius 3 is 2.71 bits per heavy atom. The summed E-state index contributed by atoms with van der Waals surface area (Å²) in [4.78, 5) is 8.16. The third-order valence-corrected chi connectivity index (χ3v) is 2.16. The number of aryl methyl sites for hydroxylation is 1. The van der Waals surface area contributed by atoms with Crippen LogP contribution in [-0.4, -0.2) is 17.1 Å². The molecule has 0 atom stereocenters. The summed E-state index contributed by atoms with van der Waals surface area (Å²) in [7, 11) is 1.55. The van der Waals surface area contributed by atoms with Crippen LogP contribution in [0.2, 0.25) is 0 Å². The molecule has 0 saturated carbocycles. The Hall–Kier alpha value is -2.30. The third kappa shape index (κ3) is 2.63. The summed E-state index contributed by atoms with van der Waals surface area (Å²) in [6.45, 7) is 1.87. The Kier molecular flexibility index (Phi) is 3.09. The van der Waals surface area contributed by atoms with Gasteiger partial charge >= 0.3 is 6.01 Å². The van der Waals surface area contributed by atoms with Crippen LogP contribution in [0.25, 0.3) is 0 Å². The Morgan fingerprint density at radius 2 is 2.00 bits per heavy atom. The lowest BCUT2D eigenvalue weighted by molar-refractivity contribution is 0.368. The molecule has 0 amide bonds. The number of ether oxygens (including phenoxy) is 2. The van der Waals surface area contributed by atoms with E-state index in [9.17, 15) is 0 Å². The minimum absolute atomic E-state index is 0.285. The van der Waals surface area contributed by atoms with Crippen LogP contribution in [0.4, 0.5) is 5.69 Å². The Balaban J connectivity index is 2.29. The third-order valence-electron chi connectivity index (χ3n) is 2.16. The summed E-state index contributed by atoms with van der Waals surface area (Å²) in [6, 6.07) is 7.22. The summed E-state index contributed by atoms with van der Waals surface area (Å²) in [5, 5.41) is 0. The zero-order valence-corrected chi connectivity index (χ0v) is 9.68. The van der Waals surface area contributed by atoms with Crippen molar-refractivity contribution in [3.8, 4) is 17.5 Å². The lowest BCUT2D eigenvalue weighted by Gasteiger charge is -2.09. The lowest BCUT2D eigenvalue weighted by Crippen LogP contribution is -1.96. The van der Waals surface area contributed by atoms with E-state index in [1.54, 1.807) is 37.6 Å². The second-order valence-corrected chi connectivity index (χ2v) is 3.49. The number of rotatable bonds is 3. The highest BCUT2D eigenvalue weighted by Crippen LogP contribution is 2.31. The molecule has 0 spiro atoms. The van der Waals surface area contributed by atoms with Gasteiger partial charge in [-0.25, -0.2) is 9.97 Å². The van der Waals surface area contributed by atoms with Gasteiger partial charge in [0.2, 0.25) is 0 Å². The molecule has 17 heavy (non-hydrogen) atoms. The smallest absolute Gasteiger partial charge is 0.322 e. The summed E-state index contributed by atoms with van der Waals surface area (Å²) in [5.74, 6) is 1.09. The van der Waals surface area contributed by atoms with Crippen LogP contribution in [0.1, 0.15) is 5.69 Å². The molecule has 1 heterocycles. The molecule has 5 heteroatoms. The van der Waals surface area contributed by atoms with Gasteiger partial charge in [-0.3, -0.25) is 0 Å². The van der Waals surface area contributed by atoms with Gasteiger partial charge < -0.3 is 15.2 Å². The van der Waals surface area contributed by atoms with E-state index in [0.29, 0.717) is 17.2 Å². The number of nitrogen functional groups attached to an aromatic ring is 1. The van der Waals surface area contributed by atoms with E-state index in [4.69, 9.17) is 15.2 Å². The van der Waals surface area contributed by atoms with Crippen molar-refractivity contribution < 1.29 is 9.47 Å². The normalized spacial score (nSPS) is 10.0. The predicted molar refractivity (Wildman–Crippen MR) is 64.2 cm³/mol. The molecule has 0 radical (unpaired) electrons. The van der Waals surface area contributed by atoms with Crippen molar-refractivity contribution in [2.75, 3.05) is 12.8 Å². The van der Waals surface area contributed by atoms with Gasteiger partial charge in [-0.1, -0.05) is 0 Å². The van der Waals surface area contributed by atoms with Crippen LogP contribution in [0.3, 0.4) is 0 Å². The predicted octanol–water partition coefficient (Wildman–Crippen LogP) is 2.17. The molecule has 1 aromatic heterocycles. The first-order valence-corrected chi connectivity index (χ1v) is 5.10. The molecule has 88 valence electrons. The first-order valence-electron chi connectivity index (χ1n) is 5.10. The SMILES string of the molecule is COc1cc(N)ccc1Oc1nccc(C)n1. The van der Waals surface area contributed by atoms with Gasteiger partial charge in [0.05, 0.1) is 7.11 Å². The number of nitrogens with two attached hydrogens (primary N) is 1. The van der Waals surface area contributed by atoms with Crippen molar-refractivity contribution in [1.82, 2.24) is 9.97 Å². The van der Waals surface area contributed by atoms with Crippen molar-refractivity contribution in [3.63, 3.8) is 0 Å². The highest BCUT2D eigenvalue weighted by molar-refractivity contribution is 5.52. The zero-order chi connectivity index (χ0) is 12.3. The van der Waals surface area contributed by atoms with Crippen molar-refractivity contribution in [3.05, 3.63) is 36.2 Å². The standard InChI is InChI=1S/C12H13N3O2/c1-8-5-6-14-12(15-8)17-10-4-3-9(13)7-11(10)16-2/h3-7H,13H2,1-2H3. The minimum Gasteiger partial charge on any atom is -0.493 e. The molecular weight excluding hydrogens is 218 g/mol. The summed E-state index contributed by atoms with van der Waals surface area (Å²) < 4.78 is 10.7. The van der Waals surface area contributed by atoms with Gasteiger partial charge in [0.25, 0.3) is 0 Å².